The summed E-state index contributed by atoms with van der Waals surface area (Å²) in [7, 11) is -3.49. The second-order valence-corrected chi connectivity index (χ2v) is 13.1. The summed E-state index contributed by atoms with van der Waals surface area (Å²) in [4.78, 5) is 28.5. The van der Waals surface area contributed by atoms with Crippen molar-refractivity contribution < 1.29 is 26.8 Å². The van der Waals surface area contributed by atoms with E-state index in [0.29, 0.717) is 56.0 Å². The van der Waals surface area contributed by atoms with Crippen molar-refractivity contribution >= 4 is 21.7 Å². The standard InChI is InChI=1S/C26H37F2N3O4S/c1-36(34,35)17-24(32)30(16-18-7-9-26(27,28)10-8-18)11-12-31-22-5-6-23(31)15-21(14-22)19-3-2-4-20(13-19)25(29)33/h2-4,13,18,21-23H,5-12,14-17H2,1H3,(H2,29,33)/t21-,22+,23-. The van der Waals surface area contributed by atoms with Gasteiger partial charge in [-0.05, 0) is 68.1 Å². The monoisotopic (exact) mass is 525 g/mol. The molecule has 4 rings (SSSR count). The number of primary amides is 1. The van der Waals surface area contributed by atoms with Gasteiger partial charge in [-0.3, -0.25) is 14.5 Å². The molecule has 0 unspecified atom stereocenters. The average Bonchev–Trinajstić information content (AvgIpc) is 3.03. The van der Waals surface area contributed by atoms with Crippen molar-refractivity contribution in [2.24, 2.45) is 11.7 Å². The maximum Gasteiger partial charge on any atom is 0.248 e. The van der Waals surface area contributed by atoms with E-state index in [1.807, 2.05) is 18.2 Å². The normalized spacial score (nSPS) is 26.6. The zero-order valence-electron chi connectivity index (χ0n) is 20.9. The first-order valence-corrected chi connectivity index (χ1v) is 14.9. The Hall–Kier alpha value is -2.07. The topological polar surface area (TPSA) is 101 Å². The Labute approximate surface area is 212 Å². The maximum atomic E-state index is 13.6. The summed E-state index contributed by atoms with van der Waals surface area (Å²) in [5.74, 6) is -3.77. The molecule has 1 aromatic carbocycles. The number of rotatable bonds is 9. The van der Waals surface area contributed by atoms with Gasteiger partial charge in [-0.25, -0.2) is 17.2 Å². The fraction of sp³-hybridized carbons (Fsp3) is 0.692. The van der Waals surface area contributed by atoms with Crippen molar-refractivity contribution in [3.63, 3.8) is 0 Å². The summed E-state index contributed by atoms with van der Waals surface area (Å²) in [6, 6.07) is 8.24. The smallest absolute Gasteiger partial charge is 0.248 e. The van der Waals surface area contributed by atoms with Gasteiger partial charge in [0.05, 0.1) is 0 Å². The predicted molar refractivity (Wildman–Crippen MR) is 134 cm³/mol. The van der Waals surface area contributed by atoms with Gasteiger partial charge in [-0.1, -0.05) is 12.1 Å². The van der Waals surface area contributed by atoms with Gasteiger partial charge in [0.2, 0.25) is 17.7 Å². The Morgan fingerprint density at radius 2 is 1.75 bits per heavy atom. The summed E-state index contributed by atoms with van der Waals surface area (Å²) in [5.41, 5.74) is 7.10. The highest BCUT2D eigenvalue weighted by Gasteiger charge is 2.41. The molecule has 36 heavy (non-hydrogen) atoms. The lowest BCUT2D eigenvalue weighted by Gasteiger charge is -2.40. The SMILES string of the molecule is CS(=O)(=O)CC(=O)N(CCN1[C@@H]2CC[C@H]1C[C@@H](c1cccc(C(N)=O)c1)C2)CC1CCC(F)(F)CC1. The van der Waals surface area contributed by atoms with Crippen LogP contribution in [0.25, 0.3) is 0 Å². The number of nitrogens with zero attached hydrogens (tertiary/aromatic N) is 2. The van der Waals surface area contributed by atoms with Crippen LogP contribution >= 0.6 is 0 Å². The van der Waals surface area contributed by atoms with E-state index in [9.17, 15) is 26.8 Å². The first-order chi connectivity index (χ1) is 16.9. The van der Waals surface area contributed by atoms with Crippen molar-refractivity contribution in [2.75, 3.05) is 31.6 Å². The number of alkyl halides is 2. The molecule has 3 atom stereocenters. The first-order valence-electron chi connectivity index (χ1n) is 12.9. The fourth-order valence-corrected chi connectivity index (χ4v) is 6.95. The van der Waals surface area contributed by atoms with Gasteiger partial charge in [0.15, 0.2) is 9.84 Å². The number of fused-ring (bicyclic) bond motifs is 2. The van der Waals surface area contributed by atoms with E-state index in [0.717, 1.165) is 37.5 Å². The second-order valence-electron chi connectivity index (χ2n) is 11.0. The molecule has 2 aliphatic heterocycles. The van der Waals surface area contributed by atoms with Gasteiger partial charge in [-0.15, -0.1) is 0 Å². The van der Waals surface area contributed by atoms with Crippen LogP contribution in [0.5, 0.6) is 0 Å². The highest BCUT2D eigenvalue weighted by atomic mass is 32.2. The molecule has 2 heterocycles. The number of hydrogen-bond donors (Lipinski definition) is 1. The van der Waals surface area contributed by atoms with Crippen molar-refractivity contribution in [3.05, 3.63) is 35.4 Å². The van der Waals surface area contributed by atoms with Crippen molar-refractivity contribution in [1.29, 1.82) is 0 Å². The van der Waals surface area contributed by atoms with Crippen molar-refractivity contribution in [2.45, 2.75) is 75.3 Å². The van der Waals surface area contributed by atoms with Gasteiger partial charge in [0.1, 0.15) is 5.75 Å². The Bertz CT molecular complexity index is 1060. The number of hydrogen-bond acceptors (Lipinski definition) is 5. The molecule has 0 radical (unpaired) electrons. The lowest BCUT2D eigenvalue weighted by molar-refractivity contribution is -0.130. The minimum atomic E-state index is -3.49. The van der Waals surface area contributed by atoms with Crippen molar-refractivity contribution in [3.8, 4) is 0 Å². The van der Waals surface area contributed by atoms with Crippen LogP contribution in [0.4, 0.5) is 8.78 Å². The molecule has 2 saturated heterocycles. The molecule has 2 bridgehead atoms. The number of piperidine rings is 1. The highest BCUT2D eigenvalue weighted by Crippen LogP contribution is 2.43. The van der Waals surface area contributed by atoms with E-state index >= 15 is 0 Å². The minimum absolute atomic E-state index is 0.0341. The van der Waals surface area contributed by atoms with Crippen LogP contribution in [0.1, 0.15) is 73.2 Å². The number of amides is 2. The van der Waals surface area contributed by atoms with Gasteiger partial charge >= 0.3 is 0 Å². The third-order valence-electron chi connectivity index (χ3n) is 8.21. The lowest BCUT2D eigenvalue weighted by atomic mass is 9.84. The third-order valence-corrected chi connectivity index (χ3v) is 8.98. The van der Waals surface area contributed by atoms with Crippen LogP contribution < -0.4 is 5.73 Å². The zero-order valence-corrected chi connectivity index (χ0v) is 21.7. The number of carbonyl (C=O) groups excluding carboxylic acids is 2. The second kappa shape index (κ2) is 10.7. The van der Waals surface area contributed by atoms with E-state index in [2.05, 4.69) is 4.90 Å². The molecule has 3 fully saturated rings. The van der Waals surface area contributed by atoms with E-state index in [1.165, 1.54) is 0 Å². The van der Waals surface area contributed by atoms with Gasteiger partial charge in [0.25, 0.3) is 0 Å². The highest BCUT2D eigenvalue weighted by molar-refractivity contribution is 7.91. The summed E-state index contributed by atoms with van der Waals surface area (Å²) < 4.78 is 50.8. The molecule has 1 aromatic rings. The summed E-state index contributed by atoms with van der Waals surface area (Å²) >= 11 is 0. The molecular formula is C26H37F2N3O4S. The lowest BCUT2D eigenvalue weighted by Crippen LogP contribution is -2.48. The van der Waals surface area contributed by atoms with Crippen molar-refractivity contribution in [1.82, 2.24) is 9.80 Å². The number of sulfone groups is 1. The molecule has 10 heteroatoms. The maximum absolute atomic E-state index is 13.6. The first kappa shape index (κ1) is 27.0. The third kappa shape index (κ3) is 6.82. The largest absolute Gasteiger partial charge is 0.366 e. The number of carbonyl (C=O) groups is 2. The molecule has 2 amide bonds. The summed E-state index contributed by atoms with van der Waals surface area (Å²) in [6.07, 6.45) is 5.40. The zero-order chi connectivity index (χ0) is 26.1. The van der Waals surface area contributed by atoms with Crippen LogP contribution in [0.3, 0.4) is 0 Å². The van der Waals surface area contributed by atoms with Crippen LogP contribution in [0.15, 0.2) is 24.3 Å². The van der Waals surface area contributed by atoms with Gasteiger partial charge in [-0.2, -0.15) is 0 Å². The molecule has 7 nitrogen and oxygen atoms in total. The van der Waals surface area contributed by atoms with Gasteiger partial charge < -0.3 is 10.6 Å². The molecule has 0 spiro atoms. The number of halogens is 2. The van der Waals surface area contributed by atoms with Crippen LogP contribution in [0, 0.1) is 5.92 Å². The van der Waals surface area contributed by atoms with Gasteiger partial charge in [0, 0.05) is 56.4 Å². The molecule has 200 valence electrons. The summed E-state index contributed by atoms with van der Waals surface area (Å²) in [5, 5.41) is 0. The van der Waals surface area contributed by atoms with E-state index in [-0.39, 0.29) is 18.8 Å². The molecule has 1 saturated carbocycles. The van der Waals surface area contributed by atoms with E-state index < -0.39 is 33.3 Å². The summed E-state index contributed by atoms with van der Waals surface area (Å²) in [6.45, 7) is 1.37. The number of nitrogens with two attached hydrogens (primary N) is 1. The quantitative estimate of drug-likeness (QED) is 0.534. The van der Waals surface area contributed by atoms with Crippen LogP contribution in [-0.4, -0.2) is 79.7 Å². The molecule has 1 aliphatic carbocycles. The fourth-order valence-electron chi connectivity index (χ4n) is 6.32. The Kier molecular flexibility index (Phi) is 8.04. The molecule has 3 aliphatic rings. The van der Waals surface area contributed by atoms with Crippen LogP contribution in [-0.2, 0) is 14.6 Å². The minimum Gasteiger partial charge on any atom is -0.366 e. The Morgan fingerprint density at radius 1 is 1.11 bits per heavy atom. The van der Waals surface area contributed by atoms with E-state index in [1.54, 1.807) is 11.0 Å². The van der Waals surface area contributed by atoms with E-state index in [4.69, 9.17) is 5.73 Å². The molecule has 2 N–H and O–H groups in total. The Morgan fingerprint density at radius 3 is 2.33 bits per heavy atom. The Balaban J connectivity index is 1.39. The predicted octanol–water partition coefficient (Wildman–Crippen LogP) is 3.19. The number of benzene rings is 1. The average molecular weight is 526 g/mol. The molecule has 0 aromatic heterocycles. The molecular weight excluding hydrogens is 488 g/mol. The van der Waals surface area contributed by atoms with Crippen LogP contribution in [0.2, 0.25) is 0 Å².